The van der Waals surface area contributed by atoms with Gasteiger partial charge in [-0.15, -0.1) is 0 Å². The zero-order chi connectivity index (χ0) is 7.90. The Morgan fingerprint density at radius 2 is 2.27 bits per heavy atom. The summed E-state index contributed by atoms with van der Waals surface area (Å²) in [4.78, 5) is 0. The molecule has 2 heteroatoms. The van der Waals surface area contributed by atoms with E-state index in [1.807, 2.05) is 0 Å². The van der Waals surface area contributed by atoms with Crippen LogP contribution >= 0.6 is 11.6 Å². The molecule has 2 aliphatic carbocycles. The van der Waals surface area contributed by atoms with Gasteiger partial charge in [-0.05, 0) is 49.1 Å². The minimum absolute atomic E-state index is 0.402. The third kappa shape index (κ3) is 1.06. The van der Waals surface area contributed by atoms with E-state index in [9.17, 15) is 5.11 Å². The lowest BCUT2D eigenvalue weighted by Crippen LogP contribution is -2.32. The lowest BCUT2D eigenvalue weighted by Gasteiger charge is -2.26. The van der Waals surface area contributed by atoms with E-state index in [0.717, 1.165) is 19.3 Å². The van der Waals surface area contributed by atoms with E-state index in [2.05, 4.69) is 11.3 Å². The van der Waals surface area contributed by atoms with Crippen molar-refractivity contribution in [3.63, 3.8) is 0 Å². The van der Waals surface area contributed by atoms with E-state index >= 15 is 0 Å². The number of hydrogen-bond donors (Lipinski definition) is 1. The first kappa shape index (κ1) is 7.46. The Balaban J connectivity index is 2.21. The zero-order valence-electron chi connectivity index (χ0n) is 6.31. The molecule has 1 N–H and O–H groups in total. The standard InChI is InChI=1S/C9H11ClO/c10-4-3-9(11)6-7-1-2-8(9)5-7/h7-8,11H,1-2,5-6H2/t7-,8-,9+/m0/s1. The molecule has 0 unspecified atom stereocenters. The van der Waals surface area contributed by atoms with Crippen molar-refractivity contribution in [1.82, 2.24) is 0 Å². The van der Waals surface area contributed by atoms with E-state index in [4.69, 9.17) is 11.6 Å². The Morgan fingerprint density at radius 3 is 2.73 bits per heavy atom. The second-order valence-corrected chi connectivity index (χ2v) is 3.91. The molecule has 0 aliphatic heterocycles. The van der Waals surface area contributed by atoms with Crippen molar-refractivity contribution >= 4 is 11.6 Å². The van der Waals surface area contributed by atoms with Crippen LogP contribution in [-0.4, -0.2) is 10.7 Å². The highest BCUT2D eigenvalue weighted by molar-refractivity contribution is 6.30. The molecule has 2 bridgehead atoms. The molecule has 0 saturated heterocycles. The first-order valence-corrected chi connectivity index (χ1v) is 4.47. The molecule has 2 saturated carbocycles. The Morgan fingerprint density at radius 1 is 1.45 bits per heavy atom. The Hall–Kier alpha value is -0.190. The predicted molar refractivity (Wildman–Crippen MR) is 44.0 cm³/mol. The molecule has 0 radical (unpaired) electrons. The van der Waals surface area contributed by atoms with Gasteiger partial charge in [-0.3, -0.25) is 0 Å². The minimum Gasteiger partial charge on any atom is -0.377 e. The molecule has 1 nitrogen and oxygen atoms in total. The Labute approximate surface area is 71.7 Å². The molecule has 0 aromatic carbocycles. The fourth-order valence-corrected chi connectivity index (χ4v) is 2.70. The second kappa shape index (κ2) is 2.40. The van der Waals surface area contributed by atoms with Crippen LogP contribution in [-0.2, 0) is 0 Å². The van der Waals surface area contributed by atoms with Crippen LogP contribution in [0.1, 0.15) is 25.7 Å². The molecule has 2 fully saturated rings. The molecule has 0 aromatic rings. The third-order valence-corrected chi connectivity index (χ3v) is 3.17. The summed E-state index contributed by atoms with van der Waals surface area (Å²) in [6.07, 6.45) is 4.41. The van der Waals surface area contributed by atoms with Gasteiger partial charge in [0.15, 0.2) is 0 Å². The van der Waals surface area contributed by atoms with Gasteiger partial charge in [0.05, 0.1) is 0 Å². The average molecular weight is 171 g/mol. The fourth-order valence-electron chi connectivity index (χ4n) is 2.54. The van der Waals surface area contributed by atoms with Gasteiger partial charge in [-0.1, -0.05) is 5.92 Å². The zero-order valence-corrected chi connectivity index (χ0v) is 7.06. The molecule has 0 aromatic heterocycles. The van der Waals surface area contributed by atoms with Gasteiger partial charge in [0.2, 0.25) is 0 Å². The van der Waals surface area contributed by atoms with Crippen molar-refractivity contribution in [3.05, 3.63) is 0 Å². The lowest BCUT2D eigenvalue weighted by atomic mass is 9.85. The van der Waals surface area contributed by atoms with Crippen molar-refractivity contribution in [3.8, 4) is 11.3 Å². The molecule has 0 amide bonds. The van der Waals surface area contributed by atoms with Crippen LogP contribution in [0.25, 0.3) is 0 Å². The van der Waals surface area contributed by atoms with Crippen LogP contribution in [0, 0.1) is 23.1 Å². The van der Waals surface area contributed by atoms with E-state index in [-0.39, 0.29) is 0 Å². The summed E-state index contributed by atoms with van der Waals surface area (Å²) in [5, 5.41) is 12.2. The summed E-state index contributed by atoms with van der Waals surface area (Å²) < 4.78 is 0. The normalized spacial score (nSPS) is 47.1. The maximum atomic E-state index is 9.92. The van der Waals surface area contributed by atoms with Gasteiger partial charge in [0, 0.05) is 5.38 Å². The summed E-state index contributed by atoms with van der Waals surface area (Å²) in [6.45, 7) is 0. The molecule has 0 heterocycles. The van der Waals surface area contributed by atoms with Crippen LogP contribution in [0.2, 0.25) is 0 Å². The monoisotopic (exact) mass is 170 g/mol. The summed E-state index contributed by atoms with van der Waals surface area (Å²) >= 11 is 5.29. The van der Waals surface area contributed by atoms with Crippen molar-refractivity contribution in [2.24, 2.45) is 11.8 Å². The van der Waals surface area contributed by atoms with Crippen LogP contribution in [0.15, 0.2) is 0 Å². The summed E-state index contributed by atoms with van der Waals surface area (Å²) in [6, 6.07) is 0. The van der Waals surface area contributed by atoms with E-state index in [1.54, 1.807) is 0 Å². The van der Waals surface area contributed by atoms with Crippen molar-refractivity contribution in [2.45, 2.75) is 31.3 Å². The second-order valence-electron chi connectivity index (χ2n) is 3.72. The SMILES string of the molecule is O[C@]1(C#CCl)C[C@H]2CC[C@H]1C2. The lowest BCUT2D eigenvalue weighted by molar-refractivity contribution is 0.0438. The Bertz CT molecular complexity index is 227. The van der Waals surface area contributed by atoms with Gasteiger partial charge < -0.3 is 5.11 Å². The summed E-state index contributed by atoms with van der Waals surface area (Å²) in [7, 11) is 0. The molecule has 2 rings (SSSR count). The molecular formula is C9H11ClO. The van der Waals surface area contributed by atoms with Crippen molar-refractivity contribution in [1.29, 1.82) is 0 Å². The molecular weight excluding hydrogens is 160 g/mol. The summed E-state index contributed by atoms with van der Waals surface area (Å²) in [5.74, 6) is 3.84. The van der Waals surface area contributed by atoms with E-state index < -0.39 is 5.60 Å². The maximum Gasteiger partial charge on any atom is 0.129 e. The summed E-state index contributed by atoms with van der Waals surface area (Å²) in [5.41, 5.74) is -0.731. The average Bonchev–Trinajstić information content (AvgIpc) is 2.45. The Kier molecular flexibility index (Phi) is 1.63. The molecule has 11 heavy (non-hydrogen) atoms. The van der Waals surface area contributed by atoms with Gasteiger partial charge >= 0.3 is 0 Å². The first-order chi connectivity index (χ1) is 5.24. The highest BCUT2D eigenvalue weighted by Gasteiger charge is 2.49. The van der Waals surface area contributed by atoms with E-state index in [0.29, 0.717) is 11.8 Å². The number of fused-ring (bicyclic) bond motifs is 2. The van der Waals surface area contributed by atoms with Crippen LogP contribution in [0.5, 0.6) is 0 Å². The van der Waals surface area contributed by atoms with Crippen LogP contribution in [0.3, 0.4) is 0 Å². The van der Waals surface area contributed by atoms with Gasteiger partial charge in [-0.2, -0.15) is 0 Å². The maximum absolute atomic E-state index is 9.92. The van der Waals surface area contributed by atoms with E-state index in [1.165, 1.54) is 6.42 Å². The number of hydrogen-bond acceptors (Lipinski definition) is 1. The van der Waals surface area contributed by atoms with Crippen LogP contribution < -0.4 is 0 Å². The van der Waals surface area contributed by atoms with Gasteiger partial charge in [0.1, 0.15) is 5.60 Å². The van der Waals surface area contributed by atoms with Crippen molar-refractivity contribution in [2.75, 3.05) is 0 Å². The molecule has 0 spiro atoms. The highest BCUT2D eigenvalue weighted by Crippen LogP contribution is 2.50. The van der Waals surface area contributed by atoms with Crippen molar-refractivity contribution < 1.29 is 5.11 Å². The van der Waals surface area contributed by atoms with Gasteiger partial charge in [0.25, 0.3) is 0 Å². The number of aliphatic hydroxyl groups is 1. The number of halogens is 1. The minimum atomic E-state index is -0.731. The number of rotatable bonds is 0. The third-order valence-electron chi connectivity index (χ3n) is 3.08. The fraction of sp³-hybridized carbons (Fsp3) is 0.778. The van der Waals surface area contributed by atoms with Crippen LogP contribution in [0.4, 0.5) is 0 Å². The topological polar surface area (TPSA) is 20.2 Å². The smallest absolute Gasteiger partial charge is 0.129 e. The molecule has 3 atom stereocenters. The predicted octanol–water partition coefficient (Wildman–Crippen LogP) is 1.74. The van der Waals surface area contributed by atoms with Gasteiger partial charge in [-0.25, -0.2) is 0 Å². The quantitative estimate of drug-likeness (QED) is 0.549. The molecule has 2 aliphatic rings. The first-order valence-electron chi connectivity index (χ1n) is 4.10. The molecule has 60 valence electrons. The highest BCUT2D eigenvalue weighted by atomic mass is 35.5. The largest absolute Gasteiger partial charge is 0.377 e.